The van der Waals surface area contributed by atoms with E-state index >= 15 is 0 Å². The van der Waals surface area contributed by atoms with Gasteiger partial charge in [-0.3, -0.25) is 0 Å². The summed E-state index contributed by atoms with van der Waals surface area (Å²) in [7, 11) is 0. The van der Waals surface area contributed by atoms with E-state index in [1.807, 2.05) is 18.6 Å². The second-order valence-corrected chi connectivity index (χ2v) is 3.63. The van der Waals surface area contributed by atoms with Crippen LogP contribution in [-0.4, -0.2) is 10.9 Å². The summed E-state index contributed by atoms with van der Waals surface area (Å²) in [5, 5.41) is 0. The normalized spacial score (nSPS) is 25.3. The molecule has 1 aliphatic heterocycles. The maximum atomic E-state index is 4.15. The van der Waals surface area contributed by atoms with Crippen LogP contribution in [0.15, 0.2) is 47.7 Å². The maximum absolute atomic E-state index is 4.15. The molecule has 1 unspecified atom stereocenters. The zero-order valence-electron chi connectivity index (χ0n) is 7.10. The van der Waals surface area contributed by atoms with Crippen LogP contribution in [0, 0.1) is 0 Å². The standard InChI is InChI=1S/C10H10IN2/c11-8-13(7-6-12-9-13)10-4-2-1-3-5-10/h1-7,9H,8H2/q+1. The Kier molecular flexibility index (Phi) is 2.46. The molecule has 0 radical (unpaired) electrons. The highest BCUT2D eigenvalue weighted by atomic mass is 127. The number of hydrogen-bond donors (Lipinski definition) is 0. The lowest BCUT2D eigenvalue weighted by Gasteiger charge is -2.23. The molecule has 0 N–H and O–H groups in total. The Morgan fingerprint density at radius 2 is 2.00 bits per heavy atom. The van der Waals surface area contributed by atoms with Crippen molar-refractivity contribution >= 4 is 34.6 Å². The number of quaternary nitrogens is 1. The lowest BCUT2D eigenvalue weighted by molar-refractivity contribution is 0.673. The number of hydrogen-bond acceptors (Lipinski definition) is 1. The quantitative estimate of drug-likeness (QED) is 0.343. The Bertz CT molecular complexity index is 331. The molecule has 1 aliphatic rings. The second kappa shape index (κ2) is 3.59. The molecule has 1 heterocycles. The lowest BCUT2D eigenvalue weighted by atomic mass is 10.3. The minimum absolute atomic E-state index is 0.724. The predicted octanol–water partition coefficient (Wildman–Crippen LogP) is 2.90. The summed E-state index contributed by atoms with van der Waals surface area (Å²) in [5.74, 6) is 0. The number of alkyl halides is 1. The highest BCUT2D eigenvalue weighted by Crippen LogP contribution is 2.25. The van der Waals surface area contributed by atoms with E-state index in [1.165, 1.54) is 5.69 Å². The van der Waals surface area contributed by atoms with E-state index in [4.69, 9.17) is 0 Å². The first kappa shape index (κ1) is 8.90. The molecule has 3 heteroatoms. The minimum Gasteiger partial charge on any atom is -0.213 e. The fraction of sp³-hybridized carbons (Fsp3) is 0.100. The first-order valence-electron chi connectivity index (χ1n) is 4.08. The Morgan fingerprint density at radius 1 is 1.23 bits per heavy atom. The highest BCUT2D eigenvalue weighted by molar-refractivity contribution is 14.1. The summed E-state index contributed by atoms with van der Waals surface area (Å²) in [6.45, 7) is 0. The summed E-state index contributed by atoms with van der Waals surface area (Å²) in [6.07, 6.45) is 5.91. The van der Waals surface area contributed by atoms with Gasteiger partial charge in [0.1, 0.15) is 16.4 Å². The topological polar surface area (TPSA) is 12.4 Å². The van der Waals surface area contributed by atoms with E-state index in [0.717, 1.165) is 9.03 Å². The predicted molar refractivity (Wildman–Crippen MR) is 64.8 cm³/mol. The van der Waals surface area contributed by atoms with Crippen LogP contribution in [0.4, 0.5) is 5.69 Å². The Balaban J connectivity index is 2.44. The molecule has 0 bridgehead atoms. The molecule has 66 valence electrons. The zero-order valence-corrected chi connectivity index (χ0v) is 9.26. The molecule has 13 heavy (non-hydrogen) atoms. The number of rotatable bonds is 2. The van der Waals surface area contributed by atoms with E-state index in [2.05, 4.69) is 58.0 Å². The molecule has 1 atom stereocenters. The summed E-state index contributed by atoms with van der Waals surface area (Å²) < 4.78 is 1.70. The first-order chi connectivity index (χ1) is 6.37. The van der Waals surface area contributed by atoms with Crippen molar-refractivity contribution in [1.82, 2.24) is 4.48 Å². The average Bonchev–Trinajstić information content (AvgIpc) is 2.69. The van der Waals surface area contributed by atoms with Crippen molar-refractivity contribution in [2.24, 2.45) is 4.99 Å². The largest absolute Gasteiger partial charge is 0.213 e. The molecule has 0 saturated carbocycles. The van der Waals surface area contributed by atoms with E-state index in [9.17, 15) is 0 Å². The third-order valence-electron chi connectivity index (χ3n) is 2.13. The van der Waals surface area contributed by atoms with Crippen LogP contribution >= 0.6 is 22.6 Å². The highest BCUT2D eigenvalue weighted by Gasteiger charge is 2.27. The molecule has 0 amide bonds. The summed E-state index contributed by atoms with van der Waals surface area (Å²) in [5.41, 5.74) is 1.26. The van der Waals surface area contributed by atoms with Crippen molar-refractivity contribution in [3.8, 4) is 0 Å². The van der Waals surface area contributed by atoms with Crippen LogP contribution in [-0.2, 0) is 0 Å². The SMILES string of the molecule is IC[N+]1(c2ccccc2)C=CN=C1. The van der Waals surface area contributed by atoms with E-state index in [0.29, 0.717) is 0 Å². The zero-order chi connectivity index (χ0) is 9.15. The van der Waals surface area contributed by atoms with Gasteiger partial charge in [-0.05, 0) is 22.6 Å². The lowest BCUT2D eigenvalue weighted by Crippen LogP contribution is -2.38. The minimum atomic E-state index is 0.724. The monoisotopic (exact) mass is 285 g/mol. The van der Waals surface area contributed by atoms with Crippen LogP contribution in [0.25, 0.3) is 0 Å². The van der Waals surface area contributed by atoms with Gasteiger partial charge < -0.3 is 0 Å². The van der Waals surface area contributed by atoms with Gasteiger partial charge in [-0.1, -0.05) is 18.2 Å². The fourth-order valence-corrected chi connectivity index (χ4v) is 2.15. The van der Waals surface area contributed by atoms with Gasteiger partial charge in [0.15, 0.2) is 0 Å². The summed E-state index contributed by atoms with van der Waals surface area (Å²) >= 11 is 2.38. The number of aliphatic imine (C=N–C) groups is 1. The van der Waals surface area contributed by atoms with Crippen LogP contribution in [0.1, 0.15) is 0 Å². The molecule has 0 saturated heterocycles. The van der Waals surface area contributed by atoms with Gasteiger partial charge in [-0.2, -0.15) is 0 Å². The molecule has 1 aromatic rings. The van der Waals surface area contributed by atoms with Gasteiger partial charge in [0.2, 0.25) is 6.34 Å². The molecule has 0 aliphatic carbocycles. The van der Waals surface area contributed by atoms with E-state index in [1.54, 1.807) is 0 Å². The van der Waals surface area contributed by atoms with Crippen molar-refractivity contribution in [3.05, 3.63) is 42.7 Å². The number of benzene rings is 1. The third-order valence-corrected chi connectivity index (χ3v) is 3.26. The molecule has 2 rings (SSSR count). The van der Waals surface area contributed by atoms with Crippen LogP contribution in [0.5, 0.6) is 0 Å². The Hall–Kier alpha value is -0.680. The Labute approximate surface area is 91.3 Å². The van der Waals surface area contributed by atoms with Crippen molar-refractivity contribution in [2.75, 3.05) is 4.55 Å². The van der Waals surface area contributed by atoms with E-state index < -0.39 is 0 Å². The van der Waals surface area contributed by atoms with Gasteiger partial charge >= 0.3 is 0 Å². The van der Waals surface area contributed by atoms with Crippen LogP contribution < -0.4 is 4.48 Å². The molecular weight excluding hydrogens is 275 g/mol. The van der Waals surface area contributed by atoms with Gasteiger partial charge in [0.25, 0.3) is 0 Å². The van der Waals surface area contributed by atoms with Crippen LogP contribution in [0.2, 0.25) is 0 Å². The van der Waals surface area contributed by atoms with Gasteiger partial charge in [-0.25, -0.2) is 9.48 Å². The fourth-order valence-electron chi connectivity index (χ4n) is 1.35. The number of halogens is 1. The van der Waals surface area contributed by atoms with Crippen LogP contribution in [0.3, 0.4) is 0 Å². The maximum Gasteiger partial charge on any atom is 0.200 e. The number of para-hydroxylation sites is 1. The summed E-state index contributed by atoms with van der Waals surface area (Å²) in [6, 6.07) is 10.4. The average molecular weight is 285 g/mol. The van der Waals surface area contributed by atoms with Crippen molar-refractivity contribution in [1.29, 1.82) is 0 Å². The molecule has 0 aromatic heterocycles. The van der Waals surface area contributed by atoms with Gasteiger partial charge in [-0.15, -0.1) is 0 Å². The third kappa shape index (κ3) is 1.53. The van der Waals surface area contributed by atoms with Crippen molar-refractivity contribution in [3.63, 3.8) is 0 Å². The molecule has 0 spiro atoms. The van der Waals surface area contributed by atoms with Gasteiger partial charge in [0.05, 0.1) is 6.20 Å². The smallest absolute Gasteiger partial charge is 0.200 e. The molecule has 2 nitrogen and oxygen atoms in total. The number of nitrogens with zero attached hydrogens (tertiary/aromatic N) is 2. The second-order valence-electron chi connectivity index (χ2n) is 2.95. The first-order valence-corrected chi connectivity index (χ1v) is 5.61. The van der Waals surface area contributed by atoms with E-state index in [-0.39, 0.29) is 0 Å². The summed E-state index contributed by atoms with van der Waals surface area (Å²) in [4.78, 5) is 4.15. The molecule has 1 aromatic carbocycles. The molecular formula is C10H10IN2+. The van der Waals surface area contributed by atoms with Crippen molar-refractivity contribution in [2.45, 2.75) is 0 Å². The van der Waals surface area contributed by atoms with Gasteiger partial charge in [0, 0.05) is 12.1 Å². The van der Waals surface area contributed by atoms with Crippen molar-refractivity contribution < 1.29 is 0 Å². The Morgan fingerprint density at radius 3 is 2.54 bits per heavy atom. The molecule has 0 fully saturated rings.